The van der Waals surface area contributed by atoms with Crippen molar-refractivity contribution in [3.8, 4) is 0 Å². The van der Waals surface area contributed by atoms with Crippen molar-refractivity contribution in [2.75, 3.05) is 91.9 Å². The highest BCUT2D eigenvalue weighted by molar-refractivity contribution is 5.69. The van der Waals surface area contributed by atoms with E-state index < -0.39 is 0 Å². The summed E-state index contributed by atoms with van der Waals surface area (Å²) in [5, 5.41) is 12.6. The highest BCUT2D eigenvalue weighted by Crippen LogP contribution is 2.17. The molecule has 4 amide bonds. The maximum Gasteiger partial charge on any atom is 0.410 e. The lowest BCUT2D eigenvalue weighted by Gasteiger charge is -2.33. The Hall–Kier alpha value is -4.64. The third-order valence-corrected chi connectivity index (χ3v) is 10.2. The molecule has 16 heteroatoms. The number of hydrogen-bond donors (Lipinski definition) is 2. The van der Waals surface area contributed by atoms with Crippen LogP contribution in [0.25, 0.3) is 0 Å². The van der Waals surface area contributed by atoms with Crippen LogP contribution in [0.1, 0.15) is 49.7 Å². The van der Waals surface area contributed by atoms with E-state index in [0.717, 1.165) is 37.1 Å². The Bertz CT molecular complexity index is 1470. The van der Waals surface area contributed by atoms with Crippen LogP contribution in [-0.4, -0.2) is 159 Å². The Morgan fingerprint density at radius 2 is 0.895 bits per heavy atom. The number of carbonyl (C=O) groups is 4. The molecule has 0 aliphatic carbocycles. The fraction of sp³-hybridized carbons (Fsp3) is 0.610. The second kappa shape index (κ2) is 24.2. The smallest absolute Gasteiger partial charge is 0.410 e. The summed E-state index contributed by atoms with van der Waals surface area (Å²) in [5.41, 5.74) is 1.95. The van der Waals surface area contributed by atoms with Gasteiger partial charge in [-0.05, 0) is 49.9 Å². The molecule has 5 heterocycles. The van der Waals surface area contributed by atoms with Crippen molar-refractivity contribution in [3.63, 3.8) is 0 Å². The zero-order chi connectivity index (χ0) is 40.1. The fourth-order valence-electron chi connectivity index (χ4n) is 6.67. The van der Waals surface area contributed by atoms with Gasteiger partial charge in [0.1, 0.15) is 25.4 Å². The summed E-state index contributed by atoms with van der Waals surface area (Å²) in [6.45, 7) is 9.52. The van der Waals surface area contributed by atoms with Gasteiger partial charge in [0, 0.05) is 65.2 Å². The molecule has 5 saturated heterocycles. The standard InChI is InChI=1S/C18H24N2O5.C13H17NO3.C10H18N2O3/c21-17(24-14-15-4-2-1-3-5-15)19-8-6-16(7-9-19)25-18(22)20-10-12-23-13-11-20;15-12-6-8-14(9-7-12)13(16)17-10-11-4-2-1-3-5-11;13-10(12-5-7-14-8-6-12)15-9-1-3-11-4-2-9/h1-5,16H,6-14H2;1-5,12,15H,6-10H2;9,11H,1-8H2. The van der Waals surface area contributed by atoms with Crippen molar-refractivity contribution in [2.45, 2.75) is 70.1 Å². The zero-order valence-corrected chi connectivity index (χ0v) is 32.9. The zero-order valence-electron chi connectivity index (χ0n) is 32.9. The number of carbonyl (C=O) groups excluding carboxylic acids is 4. The number of hydrogen-bond acceptors (Lipinski definition) is 12. The Morgan fingerprint density at radius 1 is 0.526 bits per heavy atom. The van der Waals surface area contributed by atoms with E-state index in [1.165, 1.54) is 0 Å². The molecule has 16 nitrogen and oxygen atoms in total. The van der Waals surface area contributed by atoms with Gasteiger partial charge in [-0.15, -0.1) is 0 Å². The summed E-state index contributed by atoms with van der Waals surface area (Å²) < 4.78 is 31.9. The van der Waals surface area contributed by atoms with Gasteiger partial charge in [0.15, 0.2) is 0 Å². The molecule has 5 aliphatic heterocycles. The van der Waals surface area contributed by atoms with E-state index in [2.05, 4.69) is 5.32 Å². The van der Waals surface area contributed by atoms with Crippen LogP contribution in [0.5, 0.6) is 0 Å². The van der Waals surface area contributed by atoms with Crippen LogP contribution in [-0.2, 0) is 41.6 Å². The van der Waals surface area contributed by atoms with Gasteiger partial charge in [-0.1, -0.05) is 60.7 Å². The highest BCUT2D eigenvalue weighted by Gasteiger charge is 2.29. The van der Waals surface area contributed by atoms with Gasteiger partial charge in [-0.25, -0.2) is 19.2 Å². The molecule has 0 saturated carbocycles. The number of morpholine rings is 2. The SMILES string of the molecule is O=C(OC1CCNCC1)N1CCOCC1.O=C(OCc1ccccc1)N1CCC(O)CC1.O=C(OCc1ccccc1)N1CCC(OC(=O)N2CCOCC2)CC1. The Morgan fingerprint density at radius 3 is 1.32 bits per heavy atom. The maximum atomic E-state index is 12.1. The van der Waals surface area contributed by atoms with E-state index >= 15 is 0 Å². The van der Waals surface area contributed by atoms with Crippen molar-refractivity contribution in [1.29, 1.82) is 0 Å². The average Bonchev–Trinajstić information content (AvgIpc) is 3.27. The van der Waals surface area contributed by atoms with Crippen LogP contribution >= 0.6 is 0 Å². The number of amides is 4. The molecule has 5 fully saturated rings. The number of nitrogens with one attached hydrogen (secondary N) is 1. The van der Waals surface area contributed by atoms with Gasteiger partial charge in [0.05, 0.1) is 32.5 Å². The first-order valence-electron chi connectivity index (χ1n) is 20.2. The second-order valence-electron chi connectivity index (χ2n) is 14.4. The molecule has 5 aliphatic rings. The van der Waals surface area contributed by atoms with Gasteiger partial charge < -0.3 is 58.4 Å². The van der Waals surface area contributed by atoms with Crippen molar-refractivity contribution in [3.05, 3.63) is 71.8 Å². The summed E-state index contributed by atoms with van der Waals surface area (Å²) in [6.07, 6.45) is 3.02. The fourth-order valence-corrected chi connectivity index (χ4v) is 6.67. The number of benzene rings is 2. The monoisotopic (exact) mass is 797 g/mol. The first kappa shape index (κ1) is 43.5. The number of rotatable bonds is 6. The summed E-state index contributed by atoms with van der Waals surface area (Å²) in [4.78, 5) is 54.3. The molecule has 0 aromatic heterocycles. The van der Waals surface area contributed by atoms with E-state index in [-0.39, 0.29) is 49.3 Å². The van der Waals surface area contributed by atoms with Crippen molar-refractivity contribution >= 4 is 24.4 Å². The van der Waals surface area contributed by atoms with Crippen LogP contribution in [0.3, 0.4) is 0 Å². The van der Waals surface area contributed by atoms with Crippen LogP contribution in [0.4, 0.5) is 19.2 Å². The molecule has 2 aromatic carbocycles. The second-order valence-corrected chi connectivity index (χ2v) is 14.4. The minimum Gasteiger partial charge on any atom is -0.446 e. The third-order valence-electron chi connectivity index (χ3n) is 10.2. The first-order chi connectivity index (χ1) is 27.8. The molecule has 0 atom stereocenters. The van der Waals surface area contributed by atoms with Gasteiger partial charge in [0.2, 0.25) is 0 Å². The largest absolute Gasteiger partial charge is 0.446 e. The van der Waals surface area contributed by atoms with Crippen LogP contribution in [0.2, 0.25) is 0 Å². The van der Waals surface area contributed by atoms with Gasteiger partial charge in [0.25, 0.3) is 0 Å². The van der Waals surface area contributed by atoms with E-state index in [9.17, 15) is 24.3 Å². The summed E-state index contributed by atoms with van der Waals surface area (Å²) in [7, 11) is 0. The van der Waals surface area contributed by atoms with Crippen LogP contribution in [0.15, 0.2) is 60.7 Å². The van der Waals surface area contributed by atoms with E-state index in [4.69, 9.17) is 28.4 Å². The number of ether oxygens (including phenoxy) is 6. The van der Waals surface area contributed by atoms with Crippen LogP contribution < -0.4 is 5.32 Å². The van der Waals surface area contributed by atoms with E-state index in [0.29, 0.717) is 111 Å². The lowest BCUT2D eigenvalue weighted by molar-refractivity contribution is -0.00235. The van der Waals surface area contributed by atoms with E-state index in [1.807, 2.05) is 60.7 Å². The predicted octanol–water partition coefficient (Wildman–Crippen LogP) is 4.24. The third kappa shape index (κ3) is 15.7. The normalized spacial score (nSPS) is 19.5. The Labute approximate surface area is 335 Å². The topological polar surface area (TPSA) is 169 Å². The minimum absolute atomic E-state index is 0.0987. The molecule has 7 rings (SSSR count). The molecular weight excluding hydrogens is 738 g/mol. The molecular formula is C41H59N5O11. The van der Waals surface area contributed by atoms with Gasteiger partial charge in [-0.2, -0.15) is 0 Å². The number of aliphatic hydroxyl groups is 1. The molecule has 2 aromatic rings. The molecule has 0 unspecified atom stereocenters. The number of nitrogens with zero attached hydrogens (tertiary/aromatic N) is 4. The molecule has 0 spiro atoms. The quantitative estimate of drug-likeness (QED) is 0.400. The molecule has 314 valence electrons. The van der Waals surface area contributed by atoms with Crippen LogP contribution in [0, 0.1) is 0 Å². The number of piperidine rings is 3. The van der Waals surface area contributed by atoms with E-state index in [1.54, 1.807) is 19.6 Å². The first-order valence-corrected chi connectivity index (χ1v) is 20.2. The number of aliphatic hydroxyl groups excluding tert-OH is 1. The maximum absolute atomic E-state index is 12.1. The summed E-state index contributed by atoms with van der Waals surface area (Å²) >= 11 is 0. The Balaban J connectivity index is 0.000000170. The molecule has 57 heavy (non-hydrogen) atoms. The van der Waals surface area contributed by atoms with Crippen molar-refractivity contribution in [2.24, 2.45) is 0 Å². The Kier molecular flexibility index (Phi) is 18.5. The predicted molar refractivity (Wildman–Crippen MR) is 208 cm³/mol. The summed E-state index contributed by atoms with van der Waals surface area (Å²) in [5.74, 6) is 0. The molecule has 0 radical (unpaired) electrons. The lowest BCUT2D eigenvalue weighted by atomic mass is 10.1. The molecule has 2 N–H and O–H groups in total. The lowest BCUT2D eigenvalue weighted by Crippen LogP contribution is -2.45. The summed E-state index contributed by atoms with van der Waals surface area (Å²) in [6, 6.07) is 19.2. The number of likely N-dealkylation sites (tertiary alicyclic amines) is 2. The van der Waals surface area contributed by atoms with Gasteiger partial charge in [-0.3, -0.25) is 0 Å². The average molecular weight is 798 g/mol. The van der Waals surface area contributed by atoms with Gasteiger partial charge >= 0.3 is 24.4 Å². The van der Waals surface area contributed by atoms with Crippen molar-refractivity contribution in [1.82, 2.24) is 24.9 Å². The molecule has 0 bridgehead atoms. The minimum atomic E-state index is -0.318. The van der Waals surface area contributed by atoms with Crippen molar-refractivity contribution < 1.29 is 52.7 Å². The highest BCUT2D eigenvalue weighted by atomic mass is 16.6.